The molecular formula is C9H12N2O. The van der Waals surface area contributed by atoms with Crippen molar-refractivity contribution in [3.63, 3.8) is 0 Å². The minimum absolute atomic E-state index is 0.0850. The average molecular weight is 164 g/mol. The zero-order valence-electron chi connectivity index (χ0n) is 7.10. The van der Waals surface area contributed by atoms with Gasteiger partial charge in [0.25, 0.3) is 0 Å². The normalized spacial score (nSPS) is 12.4. The van der Waals surface area contributed by atoms with Crippen LogP contribution in [0.15, 0.2) is 29.7 Å². The molecule has 12 heavy (non-hydrogen) atoms. The average Bonchev–Trinajstić information content (AvgIpc) is 2.16. The molecule has 0 radical (unpaired) electrons. The number of hydrogen-bond acceptors (Lipinski definition) is 3. The van der Waals surface area contributed by atoms with Crippen molar-refractivity contribution in [1.82, 2.24) is 4.98 Å². The standard InChI is InChI=1S/C9H12N2O/c1-8(11-12)2-3-9-4-6-10-7-5-9/h4-8H,2-3H2,1H3. The first-order valence-corrected chi connectivity index (χ1v) is 4.04. The van der Waals surface area contributed by atoms with Gasteiger partial charge in [0.15, 0.2) is 0 Å². The molecule has 0 fully saturated rings. The maximum absolute atomic E-state index is 10.1. The highest BCUT2D eigenvalue weighted by Gasteiger charge is 2.00. The van der Waals surface area contributed by atoms with E-state index in [-0.39, 0.29) is 6.04 Å². The van der Waals surface area contributed by atoms with Crippen LogP contribution in [0.25, 0.3) is 0 Å². The van der Waals surface area contributed by atoms with E-state index in [4.69, 9.17) is 0 Å². The van der Waals surface area contributed by atoms with Crippen molar-refractivity contribution in [3.05, 3.63) is 35.0 Å². The lowest BCUT2D eigenvalue weighted by Crippen LogP contribution is -1.98. The van der Waals surface area contributed by atoms with Crippen molar-refractivity contribution in [2.75, 3.05) is 0 Å². The third-order valence-electron chi connectivity index (χ3n) is 1.78. The third-order valence-corrected chi connectivity index (χ3v) is 1.78. The van der Waals surface area contributed by atoms with Crippen molar-refractivity contribution >= 4 is 0 Å². The smallest absolute Gasteiger partial charge is 0.0894 e. The van der Waals surface area contributed by atoms with Gasteiger partial charge in [0.2, 0.25) is 0 Å². The van der Waals surface area contributed by atoms with Gasteiger partial charge in [0.1, 0.15) is 0 Å². The molecule has 0 aromatic carbocycles. The molecule has 0 spiro atoms. The Labute approximate surface area is 71.8 Å². The molecule has 0 aliphatic heterocycles. The summed E-state index contributed by atoms with van der Waals surface area (Å²) in [6.45, 7) is 1.83. The summed E-state index contributed by atoms with van der Waals surface area (Å²) in [6, 6.07) is 3.83. The van der Waals surface area contributed by atoms with Gasteiger partial charge >= 0.3 is 0 Å². The van der Waals surface area contributed by atoms with E-state index in [9.17, 15) is 4.91 Å². The van der Waals surface area contributed by atoms with E-state index >= 15 is 0 Å². The second-order valence-corrected chi connectivity index (χ2v) is 2.85. The van der Waals surface area contributed by atoms with Crippen LogP contribution in [-0.4, -0.2) is 11.0 Å². The number of aromatic nitrogens is 1. The summed E-state index contributed by atoms with van der Waals surface area (Å²) in [6.07, 6.45) is 5.23. The fourth-order valence-electron chi connectivity index (χ4n) is 0.978. The van der Waals surface area contributed by atoms with Gasteiger partial charge in [-0.15, -0.1) is 0 Å². The molecule has 3 heteroatoms. The lowest BCUT2D eigenvalue weighted by atomic mass is 10.1. The van der Waals surface area contributed by atoms with Crippen molar-refractivity contribution in [2.45, 2.75) is 25.8 Å². The van der Waals surface area contributed by atoms with Gasteiger partial charge in [-0.3, -0.25) is 4.98 Å². The van der Waals surface area contributed by atoms with Crippen LogP contribution in [0.1, 0.15) is 18.9 Å². The summed E-state index contributed by atoms with van der Waals surface area (Å²) in [5.41, 5.74) is 1.21. The molecule has 0 aliphatic rings. The Hall–Kier alpha value is -1.25. The van der Waals surface area contributed by atoms with Crippen LogP contribution in [-0.2, 0) is 6.42 Å². The Bertz CT molecular complexity index is 236. The summed E-state index contributed by atoms with van der Waals surface area (Å²) in [7, 11) is 0. The third kappa shape index (κ3) is 2.78. The van der Waals surface area contributed by atoms with E-state index in [0.717, 1.165) is 12.8 Å². The van der Waals surface area contributed by atoms with Crippen LogP contribution in [0.5, 0.6) is 0 Å². The molecule has 1 aromatic rings. The highest BCUT2D eigenvalue weighted by atomic mass is 16.3. The molecule has 1 unspecified atom stereocenters. The topological polar surface area (TPSA) is 42.3 Å². The summed E-state index contributed by atoms with van der Waals surface area (Å²) >= 11 is 0. The van der Waals surface area contributed by atoms with Crippen molar-refractivity contribution < 1.29 is 0 Å². The second kappa shape index (κ2) is 4.59. The number of rotatable bonds is 4. The minimum Gasteiger partial charge on any atom is -0.265 e. The van der Waals surface area contributed by atoms with E-state index in [1.165, 1.54) is 5.56 Å². The quantitative estimate of drug-likeness (QED) is 0.640. The fourth-order valence-corrected chi connectivity index (χ4v) is 0.978. The largest absolute Gasteiger partial charge is 0.265 e. The number of nitrogens with zero attached hydrogens (tertiary/aromatic N) is 2. The molecule has 1 rings (SSSR count). The van der Waals surface area contributed by atoms with Gasteiger partial charge in [0, 0.05) is 12.4 Å². The molecule has 0 saturated heterocycles. The van der Waals surface area contributed by atoms with E-state index in [1.54, 1.807) is 12.4 Å². The molecule has 0 amide bonds. The van der Waals surface area contributed by atoms with Crippen molar-refractivity contribution in [1.29, 1.82) is 0 Å². The van der Waals surface area contributed by atoms with Gasteiger partial charge in [-0.2, -0.15) is 4.91 Å². The van der Waals surface area contributed by atoms with Crippen LogP contribution >= 0.6 is 0 Å². The van der Waals surface area contributed by atoms with Crippen LogP contribution in [0, 0.1) is 4.91 Å². The molecule has 0 saturated carbocycles. The zero-order valence-corrected chi connectivity index (χ0v) is 7.10. The van der Waals surface area contributed by atoms with Crippen molar-refractivity contribution in [3.8, 4) is 0 Å². The Morgan fingerprint density at radius 2 is 2.17 bits per heavy atom. The van der Waals surface area contributed by atoms with Gasteiger partial charge in [-0.25, -0.2) is 0 Å². The van der Waals surface area contributed by atoms with Crippen LogP contribution in [0.2, 0.25) is 0 Å². The SMILES string of the molecule is CC(CCc1ccncc1)N=O. The van der Waals surface area contributed by atoms with E-state index in [1.807, 2.05) is 19.1 Å². The molecule has 1 heterocycles. The molecule has 0 N–H and O–H groups in total. The molecule has 0 aliphatic carbocycles. The molecule has 0 bridgehead atoms. The monoisotopic (exact) mass is 164 g/mol. The van der Waals surface area contributed by atoms with E-state index in [2.05, 4.69) is 10.2 Å². The van der Waals surface area contributed by atoms with Crippen LogP contribution in [0.3, 0.4) is 0 Å². The van der Waals surface area contributed by atoms with Gasteiger partial charge in [-0.1, -0.05) is 5.18 Å². The van der Waals surface area contributed by atoms with Crippen molar-refractivity contribution in [2.24, 2.45) is 5.18 Å². The van der Waals surface area contributed by atoms with E-state index < -0.39 is 0 Å². The van der Waals surface area contributed by atoms with Gasteiger partial charge in [0.05, 0.1) is 6.04 Å². The van der Waals surface area contributed by atoms with Gasteiger partial charge in [-0.05, 0) is 37.5 Å². The number of hydrogen-bond donors (Lipinski definition) is 0. The molecule has 3 nitrogen and oxygen atoms in total. The fraction of sp³-hybridized carbons (Fsp3) is 0.444. The Morgan fingerprint density at radius 1 is 1.50 bits per heavy atom. The summed E-state index contributed by atoms with van der Waals surface area (Å²) in [4.78, 5) is 14.0. The first kappa shape index (κ1) is 8.84. The molecular weight excluding hydrogens is 152 g/mol. The van der Waals surface area contributed by atoms with Gasteiger partial charge < -0.3 is 0 Å². The zero-order chi connectivity index (χ0) is 8.81. The first-order chi connectivity index (χ1) is 5.83. The summed E-state index contributed by atoms with van der Waals surface area (Å²) in [5, 5.41) is 2.94. The minimum atomic E-state index is -0.0850. The number of pyridine rings is 1. The maximum atomic E-state index is 10.1. The molecule has 64 valence electrons. The summed E-state index contributed by atoms with van der Waals surface area (Å²) < 4.78 is 0. The number of nitroso groups, excluding NO2 is 1. The molecule has 1 atom stereocenters. The Balaban J connectivity index is 2.38. The van der Waals surface area contributed by atoms with Crippen LogP contribution < -0.4 is 0 Å². The number of aryl methyl sites for hydroxylation is 1. The molecule has 1 aromatic heterocycles. The predicted octanol–water partition coefficient (Wildman–Crippen LogP) is 2.17. The highest BCUT2D eigenvalue weighted by molar-refractivity contribution is 5.09. The lowest BCUT2D eigenvalue weighted by molar-refractivity contribution is 0.663. The maximum Gasteiger partial charge on any atom is 0.0894 e. The first-order valence-electron chi connectivity index (χ1n) is 4.04. The highest BCUT2D eigenvalue weighted by Crippen LogP contribution is 2.05. The Morgan fingerprint density at radius 3 is 2.75 bits per heavy atom. The Kier molecular flexibility index (Phi) is 3.38. The predicted molar refractivity (Wildman–Crippen MR) is 47.8 cm³/mol. The second-order valence-electron chi connectivity index (χ2n) is 2.85. The summed E-state index contributed by atoms with van der Waals surface area (Å²) in [5.74, 6) is 0. The van der Waals surface area contributed by atoms with Crippen LogP contribution in [0.4, 0.5) is 0 Å². The van der Waals surface area contributed by atoms with E-state index in [0.29, 0.717) is 0 Å². The lowest BCUT2D eigenvalue weighted by Gasteiger charge is -2.01.